The fourth-order valence-corrected chi connectivity index (χ4v) is 3.46. The van der Waals surface area contributed by atoms with E-state index in [1.807, 2.05) is 0 Å². The summed E-state index contributed by atoms with van der Waals surface area (Å²) in [6.45, 7) is 5.33. The molecule has 0 aromatic heterocycles. The van der Waals surface area contributed by atoms with Crippen molar-refractivity contribution in [2.45, 2.75) is 51.0 Å². The Labute approximate surface area is 138 Å². The van der Waals surface area contributed by atoms with Crippen molar-refractivity contribution in [3.63, 3.8) is 0 Å². The molecular weight excluding hydrogens is 290 g/mol. The van der Waals surface area contributed by atoms with Gasteiger partial charge in [-0.25, -0.2) is 0 Å². The topological polar surface area (TPSA) is 67.6 Å². The maximum Gasteiger partial charge on any atom is 0.249 e. The van der Waals surface area contributed by atoms with Crippen LogP contribution in [-0.2, 0) is 22.5 Å². The molecule has 1 unspecified atom stereocenters. The molecule has 126 valence electrons. The van der Waals surface area contributed by atoms with Gasteiger partial charge in [-0.05, 0) is 37.3 Å². The molecule has 5 heteroatoms. The fourth-order valence-electron chi connectivity index (χ4n) is 3.46. The maximum atomic E-state index is 12.2. The number of benzene rings is 1. The van der Waals surface area contributed by atoms with E-state index in [-0.39, 0.29) is 18.1 Å². The highest BCUT2D eigenvalue weighted by atomic mass is 16.5. The minimum atomic E-state index is -0.321. The number of hydrogen-bond donors (Lipinski definition) is 2. The molecule has 1 aromatic carbocycles. The monoisotopic (exact) mass is 317 g/mol. The second kappa shape index (κ2) is 7.43. The summed E-state index contributed by atoms with van der Waals surface area (Å²) in [5.74, 6) is 0.00482. The van der Waals surface area contributed by atoms with Gasteiger partial charge in [0.15, 0.2) is 0 Å². The van der Waals surface area contributed by atoms with E-state index < -0.39 is 0 Å². The predicted octanol–water partition coefficient (Wildman–Crippen LogP) is 1.06. The quantitative estimate of drug-likeness (QED) is 0.852. The van der Waals surface area contributed by atoms with Crippen LogP contribution in [0.2, 0.25) is 0 Å². The summed E-state index contributed by atoms with van der Waals surface area (Å²) in [4.78, 5) is 14.6. The van der Waals surface area contributed by atoms with Crippen LogP contribution in [0.3, 0.4) is 0 Å². The summed E-state index contributed by atoms with van der Waals surface area (Å²) < 4.78 is 5.65. The molecule has 1 aromatic rings. The minimum Gasteiger partial charge on any atom is -0.364 e. The summed E-state index contributed by atoms with van der Waals surface area (Å²) in [5, 5.41) is 3.04. The van der Waals surface area contributed by atoms with Crippen LogP contribution in [0.4, 0.5) is 0 Å². The molecule has 3 atom stereocenters. The lowest BCUT2D eigenvalue weighted by Gasteiger charge is -2.34. The maximum absolute atomic E-state index is 12.2. The van der Waals surface area contributed by atoms with Gasteiger partial charge in [0, 0.05) is 32.2 Å². The average molecular weight is 317 g/mol. The average Bonchev–Trinajstić information content (AvgIpc) is 3.08. The molecule has 2 heterocycles. The second-order valence-electron chi connectivity index (χ2n) is 6.64. The number of fused-ring (bicyclic) bond motifs is 1. The highest BCUT2D eigenvalue weighted by Crippen LogP contribution is 2.21. The number of ether oxygens (including phenoxy) is 1. The van der Waals surface area contributed by atoms with Gasteiger partial charge in [0.25, 0.3) is 0 Å². The summed E-state index contributed by atoms with van der Waals surface area (Å²) in [6.07, 6.45) is 2.46. The zero-order valence-corrected chi connectivity index (χ0v) is 13.8. The number of carbonyl (C=O) groups excluding carboxylic acids is 1. The number of amides is 1. The van der Waals surface area contributed by atoms with Gasteiger partial charge in [0.1, 0.15) is 6.10 Å². The molecule has 0 aliphatic carbocycles. The number of carbonyl (C=O) groups is 1. The van der Waals surface area contributed by atoms with Gasteiger partial charge < -0.3 is 15.8 Å². The molecule has 2 aliphatic heterocycles. The van der Waals surface area contributed by atoms with Gasteiger partial charge >= 0.3 is 0 Å². The van der Waals surface area contributed by atoms with Crippen molar-refractivity contribution < 1.29 is 9.53 Å². The number of rotatable bonds is 5. The Morgan fingerprint density at radius 3 is 2.91 bits per heavy atom. The molecule has 1 saturated heterocycles. The molecule has 1 amide bonds. The summed E-state index contributed by atoms with van der Waals surface area (Å²) in [5.41, 5.74) is 8.45. The van der Waals surface area contributed by atoms with Crippen LogP contribution >= 0.6 is 0 Å². The lowest BCUT2D eigenvalue weighted by atomic mass is 9.99. The van der Waals surface area contributed by atoms with E-state index in [4.69, 9.17) is 10.5 Å². The van der Waals surface area contributed by atoms with E-state index in [9.17, 15) is 4.79 Å². The van der Waals surface area contributed by atoms with Gasteiger partial charge in [-0.2, -0.15) is 0 Å². The summed E-state index contributed by atoms with van der Waals surface area (Å²) >= 11 is 0. The van der Waals surface area contributed by atoms with Gasteiger partial charge in [-0.15, -0.1) is 0 Å². The van der Waals surface area contributed by atoms with Crippen LogP contribution in [0.25, 0.3) is 0 Å². The molecule has 0 bridgehead atoms. The predicted molar refractivity (Wildman–Crippen MR) is 90.0 cm³/mol. The molecule has 3 N–H and O–H groups in total. The molecule has 5 nitrogen and oxygen atoms in total. The Bertz CT molecular complexity index is 549. The fraction of sp³-hybridized carbons (Fsp3) is 0.611. The largest absolute Gasteiger partial charge is 0.364 e. The van der Waals surface area contributed by atoms with E-state index in [2.05, 4.69) is 41.4 Å². The van der Waals surface area contributed by atoms with Crippen LogP contribution in [0, 0.1) is 0 Å². The molecule has 1 fully saturated rings. The number of nitrogens with two attached hydrogens (primary N) is 1. The van der Waals surface area contributed by atoms with Crippen LogP contribution < -0.4 is 11.1 Å². The molecule has 23 heavy (non-hydrogen) atoms. The molecule has 3 rings (SSSR count). The number of nitrogens with one attached hydrogen (secondary N) is 1. The van der Waals surface area contributed by atoms with Crippen LogP contribution in [0.15, 0.2) is 24.3 Å². The van der Waals surface area contributed by atoms with Crippen molar-refractivity contribution in [2.24, 2.45) is 5.73 Å². The summed E-state index contributed by atoms with van der Waals surface area (Å²) in [6, 6.07) is 8.93. The highest BCUT2D eigenvalue weighted by molar-refractivity contribution is 5.81. The SMILES string of the molecule is CC(CNC(=O)[C@@H]1CC[C@H](CN)O1)N1CCc2ccccc2C1. The molecular formula is C18H27N3O2. The normalized spacial score (nSPS) is 25.8. The van der Waals surface area contributed by atoms with Crippen LogP contribution in [0.1, 0.15) is 30.9 Å². The van der Waals surface area contributed by atoms with Crippen molar-refractivity contribution in [3.8, 4) is 0 Å². The Morgan fingerprint density at radius 2 is 2.17 bits per heavy atom. The van der Waals surface area contributed by atoms with Crippen molar-refractivity contribution in [1.29, 1.82) is 0 Å². The third-order valence-corrected chi connectivity index (χ3v) is 5.02. The zero-order valence-electron chi connectivity index (χ0n) is 13.8. The van der Waals surface area contributed by atoms with Gasteiger partial charge in [-0.1, -0.05) is 24.3 Å². The van der Waals surface area contributed by atoms with E-state index in [1.54, 1.807) is 0 Å². The van der Waals surface area contributed by atoms with Crippen LogP contribution in [-0.4, -0.2) is 48.7 Å². The van der Waals surface area contributed by atoms with E-state index in [0.717, 1.165) is 32.4 Å². The zero-order chi connectivity index (χ0) is 16.2. The summed E-state index contributed by atoms with van der Waals surface area (Å²) in [7, 11) is 0. The second-order valence-corrected chi connectivity index (χ2v) is 6.64. The molecule has 0 spiro atoms. The van der Waals surface area contributed by atoms with Crippen molar-refractivity contribution >= 4 is 5.91 Å². The lowest BCUT2D eigenvalue weighted by molar-refractivity contribution is -0.132. The Balaban J connectivity index is 1.47. The first kappa shape index (κ1) is 16.4. The van der Waals surface area contributed by atoms with Crippen molar-refractivity contribution in [2.75, 3.05) is 19.6 Å². The van der Waals surface area contributed by atoms with E-state index >= 15 is 0 Å². The molecule has 2 aliphatic rings. The third kappa shape index (κ3) is 3.91. The Morgan fingerprint density at radius 1 is 1.39 bits per heavy atom. The van der Waals surface area contributed by atoms with E-state index in [1.165, 1.54) is 11.1 Å². The number of hydrogen-bond acceptors (Lipinski definition) is 4. The number of nitrogens with zero attached hydrogens (tertiary/aromatic N) is 1. The first-order chi connectivity index (χ1) is 11.2. The third-order valence-electron chi connectivity index (χ3n) is 5.02. The van der Waals surface area contributed by atoms with Gasteiger partial charge in [0.05, 0.1) is 6.10 Å². The molecule has 0 radical (unpaired) electrons. The highest BCUT2D eigenvalue weighted by Gasteiger charge is 2.30. The Kier molecular flexibility index (Phi) is 5.30. The lowest BCUT2D eigenvalue weighted by Crippen LogP contribution is -2.46. The molecule has 0 saturated carbocycles. The van der Waals surface area contributed by atoms with Crippen molar-refractivity contribution in [1.82, 2.24) is 10.2 Å². The van der Waals surface area contributed by atoms with Crippen molar-refractivity contribution in [3.05, 3.63) is 35.4 Å². The van der Waals surface area contributed by atoms with E-state index in [0.29, 0.717) is 19.1 Å². The van der Waals surface area contributed by atoms with Gasteiger partial charge in [-0.3, -0.25) is 9.69 Å². The Hall–Kier alpha value is -1.43. The smallest absolute Gasteiger partial charge is 0.249 e. The van der Waals surface area contributed by atoms with Gasteiger partial charge in [0.2, 0.25) is 5.91 Å². The first-order valence-electron chi connectivity index (χ1n) is 8.61. The van der Waals surface area contributed by atoms with Crippen LogP contribution in [0.5, 0.6) is 0 Å². The minimum absolute atomic E-state index is 0.00482. The standard InChI is InChI=1S/C18H27N3O2/c1-13(11-20-18(22)17-7-6-16(10-19)23-17)21-9-8-14-4-2-3-5-15(14)12-21/h2-5,13,16-17H,6-12,19H2,1H3,(H,20,22)/t13?,16-,17+/m1/s1. The first-order valence-corrected chi connectivity index (χ1v) is 8.61.